The van der Waals surface area contributed by atoms with Crippen LogP contribution in [0.15, 0.2) is 21.5 Å². The molecule has 0 amide bonds. The van der Waals surface area contributed by atoms with Crippen molar-refractivity contribution in [1.82, 2.24) is 0 Å². The first kappa shape index (κ1) is 8.32. The molecule has 0 aliphatic carbocycles. The van der Waals surface area contributed by atoms with Crippen molar-refractivity contribution in [3.63, 3.8) is 0 Å². The monoisotopic (exact) mass is 170 g/mol. The zero-order valence-electron chi connectivity index (χ0n) is 5.98. The SMILES string of the molecule is O=C(O)Cc1occc(=O)c1O. The smallest absolute Gasteiger partial charge is 0.311 e. The van der Waals surface area contributed by atoms with Crippen molar-refractivity contribution < 1.29 is 19.4 Å². The van der Waals surface area contributed by atoms with Gasteiger partial charge in [0, 0.05) is 6.07 Å². The Kier molecular flexibility index (Phi) is 2.14. The first-order valence-electron chi connectivity index (χ1n) is 3.12. The molecule has 1 aromatic heterocycles. The zero-order valence-corrected chi connectivity index (χ0v) is 5.98. The molecule has 0 aromatic carbocycles. The lowest BCUT2D eigenvalue weighted by molar-refractivity contribution is -0.136. The highest BCUT2D eigenvalue weighted by Gasteiger charge is 2.10. The molecule has 64 valence electrons. The van der Waals surface area contributed by atoms with E-state index in [1.807, 2.05) is 0 Å². The highest BCUT2D eigenvalue weighted by molar-refractivity contribution is 5.70. The second kappa shape index (κ2) is 3.08. The maximum absolute atomic E-state index is 10.7. The van der Waals surface area contributed by atoms with Gasteiger partial charge >= 0.3 is 5.97 Å². The molecule has 1 rings (SSSR count). The van der Waals surface area contributed by atoms with Gasteiger partial charge in [-0.1, -0.05) is 0 Å². The number of carbonyl (C=O) groups is 1. The van der Waals surface area contributed by atoms with Gasteiger partial charge in [-0.05, 0) is 0 Å². The standard InChI is InChI=1S/C7H6O5/c8-4-1-2-12-5(7(4)11)3-6(9)10/h1-2,11H,3H2,(H,9,10). The summed E-state index contributed by atoms with van der Waals surface area (Å²) in [5, 5.41) is 17.3. The molecule has 0 atom stereocenters. The molecule has 0 radical (unpaired) electrons. The number of aromatic hydroxyl groups is 1. The lowest BCUT2D eigenvalue weighted by atomic mass is 10.3. The van der Waals surface area contributed by atoms with Crippen LogP contribution in [0.4, 0.5) is 0 Å². The average molecular weight is 170 g/mol. The third-order valence-corrected chi connectivity index (χ3v) is 1.24. The fraction of sp³-hybridized carbons (Fsp3) is 0.143. The van der Waals surface area contributed by atoms with Gasteiger partial charge < -0.3 is 14.6 Å². The minimum Gasteiger partial charge on any atom is -0.502 e. The summed E-state index contributed by atoms with van der Waals surface area (Å²) in [4.78, 5) is 20.9. The maximum Gasteiger partial charge on any atom is 0.311 e. The quantitative estimate of drug-likeness (QED) is 0.650. The van der Waals surface area contributed by atoms with Crippen LogP contribution < -0.4 is 5.43 Å². The summed E-state index contributed by atoms with van der Waals surface area (Å²) in [6, 6.07) is 1.01. The first-order chi connectivity index (χ1) is 5.61. The molecule has 5 nitrogen and oxygen atoms in total. The van der Waals surface area contributed by atoms with E-state index in [1.54, 1.807) is 0 Å². The van der Waals surface area contributed by atoms with Gasteiger partial charge in [-0.2, -0.15) is 0 Å². The highest BCUT2D eigenvalue weighted by Crippen LogP contribution is 2.10. The molecule has 1 aromatic rings. The molecule has 0 fully saturated rings. The van der Waals surface area contributed by atoms with E-state index in [4.69, 9.17) is 10.2 Å². The van der Waals surface area contributed by atoms with Crippen molar-refractivity contribution in [2.24, 2.45) is 0 Å². The van der Waals surface area contributed by atoms with Crippen LogP contribution in [-0.4, -0.2) is 16.2 Å². The van der Waals surface area contributed by atoms with Gasteiger partial charge in [0.1, 0.15) is 6.42 Å². The third-order valence-electron chi connectivity index (χ3n) is 1.24. The summed E-state index contributed by atoms with van der Waals surface area (Å²) >= 11 is 0. The molecule has 0 aliphatic heterocycles. The fourth-order valence-corrected chi connectivity index (χ4v) is 0.713. The number of aliphatic carboxylic acids is 1. The van der Waals surface area contributed by atoms with Crippen molar-refractivity contribution >= 4 is 5.97 Å². The zero-order chi connectivity index (χ0) is 9.14. The summed E-state index contributed by atoms with van der Waals surface area (Å²) in [6.45, 7) is 0. The van der Waals surface area contributed by atoms with Crippen LogP contribution in [0.5, 0.6) is 5.75 Å². The Morgan fingerprint density at radius 3 is 2.83 bits per heavy atom. The van der Waals surface area contributed by atoms with E-state index in [-0.39, 0.29) is 5.76 Å². The Morgan fingerprint density at radius 2 is 2.25 bits per heavy atom. The molecule has 5 heteroatoms. The molecule has 2 N–H and O–H groups in total. The molecule has 0 unspecified atom stereocenters. The van der Waals surface area contributed by atoms with E-state index < -0.39 is 23.6 Å². The largest absolute Gasteiger partial charge is 0.502 e. The first-order valence-corrected chi connectivity index (χ1v) is 3.12. The predicted molar refractivity (Wildman–Crippen MR) is 38.0 cm³/mol. The summed E-state index contributed by atoms with van der Waals surface area (Å²) in [6.07, 6.45) is 0.544. The van der Waals surface area contributed by atoms with E-state index >= 15 is 0 Å². The van der Waals surface area contributed by atoms with Crippen molar-refractivity contribution in [2.75, 3.05) is 0 Å². The van der Waals surface area contributed by atoms with Gasteiger partial charge in [0.05, 0.1) is 6.26 Å². The van der Waals surface area contributed by atoms with Gasteiger partial charge in [-0.15, -0.1) is 0 Å². The van der Waals surface area contributed by atoms with Gasteiger partial charge in [-0.3, -0.25) is 9.59 Å². The minimum atomic E-state index is -1.17. The van der Waals surface area contributed by atoms with Gasteiger partial charge in [0.25, 0.3) is 0 Å². The lowest BCUT2D eigenvalue weighted by Crippen LogP contribution is -2.05. The van der Waals surface area contributed by atoms with Crippen molar-refractivity contribution in [1.29, 1.82) is 0 Å². The van der Waals surface area contributed by atoms with E-state index in [0.29, 0.717) is 0 Å². The normalized spacial score (nSPS) is 9.67. The molecular formula is C7H6O5. The van der Waals surface area contributed by atoms with Gasteiger partial charge in [0.15, 0.2) is 5.76 Å². The summed E-state index contributed by atoms with van der Waals surface area (Å²) in [7, 11) is 0. The van der Waals surface area contributed by atoms with Crippen molar-refractivity contribution in [3.8, 4) is 5.75 Å². The number of hydrogen-bond acceptors (Lipinski definition) is 4. The van der Waals surface area contributed by atoms with E-state index in [0.717, 1.165) is 12.3 Å². The summed E-state index contributed by atoms with van der Waals surface area (Å²) in [5.74, 6) is -2.03. The minimum absolute atomic E-state index is 0.227. The number of hydrogen-bond donors (Lipinski definition) is 2. The maximum atomic E-state index is 10.7. The molecule has 0 saturated carbocycles. The second-order valence-corrected chi connectivity index (χ2v) is 2.13. The van der Waals surface area contributed by atoms with Crippen molar-refractivity contribution in [3.05, 3.63) is 28.3 Å². The van der Waals surface area contributed by atoms with Crippen LogP contribution in [0, 0.1) is 0 Å². The third kappa shape index (κ3) is 1.63. The molecular weight excluding hydrogens is 164 g/mol. The number of rotatable bonds is 2. The predicted octanol–water partition coefficient (Wildman–Crippen LogP) is -0.0275. The molecule has 0 saturated heterocycles. The van der Waals surface area contributed by atoms with Gasteiger partial charge in [0.2, 0.25) is 11.2 Å². The van der Waals surface area contributed by atoms with E-state index in [9.17, 15) is 9.59 Å². The topological polar surface area (TPSA) is 87.7 Å². The van der Waals surface area contributed by atoms with Crippen LogP contribution in [0.2, 0.25) is 0 Å². The van der Waals surface area contributed by atoms with Crippen LogP contribution >= 0.6 is 0 Å². The Morgan fingerprint density at radius 1 is 1.58 bits per heavy atom. The highest BCUT2D eigenvalue weighted by atomic mass is 16.4. The Balaban J connectivity index is 3.08. The summed E-state index contributed by atoms with van der Waals surface area (Å²) < 4.78 is 4.62. The number of carboxylic acid groups (broad SMARTS) is 1. The van der Waals surface area contributed by atoms with Crippen molar-refractivity contribution in [2.45, 2.75) is 6.42 Å². The Bertz CT molecular complexity index is 351. The molecule has 0 aliphatic rings. The van der Waals surface area contributed by atoms with E-state index in [2.05, 4.69) is 4.42 Å². The fourth-order valence-electron chi connectivity index (χ4n) is 0.713. The van der Waals surface area contributed by atoms with Crippen LogP contribution in [0.3, 0.4) is 0 Å². The lowest BCUT2D eigenvalue weighted by Gasteiger charge is -1.96. The Labute approximate surface area is 66.9 Å². The summed E-state index contributed by atoms with van der Waals surface area (Å²) in [5.41, 5.74) is -0.641. The molecule has 0 spiro atoms. The van der Waals surface area contributed by atoms with Gasteiger partial charge in [-0.25, -0.2) is 0 Å². The average Bonchev–Trinajstić information content (AvgIpc) is 1.98. The van der Waals surface area contributed by atoms with E-state index in [1.165, 1.54) is 0 Å². The van der Waals surface area contributed by atoms with Crippen LogP contribution in [0.25, 0.3) is 0 Å². The second-order valence-electron chi connectivity index (χ2n) is 2.13. The molecule has 12 heavy (non-hydrogen) atoms. The van der Waals surface area contributed by atoms with Crippen LogP contribution in [-0.2, 0) is 11.2 Å². The molecule has 0 bridgehead atoms. The Hall–Kier alpha value is -1.78. The van der Waals surface area contributed by atoms with Crippen LogP contribution in [0.1, 0.15) is 5.76 Å². The number of carboxylic acids is 1. The molecule has 1 heterocycles.